The van der Waals surface area contributed by atoms with E-state index in [2.05, 4.69) is 15.2 Å². The van der Waals surface area contributed by atoms with Crippen molar-refractivity contribution in [3.8, 4) is 21.7 Å². The molecule has 0 saturated carbocycles. The van der Waals surface area contributed by atoms with E-state index in [0.717, 1.165) is 32.4 Å². The van der Waals surface area contributed by atoms with E-state index in [1.165, 1.54) is 0 Å². The molecule has 0 spiro atoms. The van der Waals surface area contributed by atoms with Crippen LogP contribution >= 0.6 is 34.5 Å². The molecule has 3 aromatic rings. The van der Waals surface area contributed by atoms with Crippen LogP contribution in [0.5, 0.6) is 0 Å². The molecule has 0 saturated heterocycles. The van der Waals surface area contributed by atoms with Crippen molar-refractivity contribution < 1.29 is 0 Å². The number of aromatic nitrogens is 3. The van der Waals surface area contributed by atoms with Gasteiger partial charge in [-0.1, -0.05) is 29.3 Å². The van der Waals surface area contributed by atoms with E-state index in [9.17, 15) is 0 Å². The lowest BCUT2D eigenvalue weighted by molar-refractivity contribution is 1.10. The van der Waals surface area contributed by atoms with Crippen molar-refractivity contribution in [2.75, 3.05) is 5.73 Å². The number of aromatic amines is 1. The molecule has 3 rings (SSSR count). The van der Waals surface area contributed by atoms with E-state index in [0.29, 0.717) is 15.9 Å². The predicted molar refractivity (Wildman–Crippen MR) is 89.0 cm³/mol. The Kier molecular flexibility index (Phi) is 3.65. The van der Waals surface area contributed by atoms with Crippen molar-refractivity contribution in [3.63, 3.8) is 0 Å². The van der Waals surface area contributed by atoms with E-state index >= 15 is 0 Å². The van der Waals surface area contributed by atoms with Crippen LogP contribution in [-0.4, -0.2) is 15.2 Å². The molecule has 108 valence electrons. The van der Waals surface area contributed by atoms with E-state index < -0.39 is 0 Å². The van der Waals surface area contributed by atoms with Crippen molar-refractivity contribution in [1.82, 2.24) is 15.2 Å². The summed E-state index contributed by atoms with van der Waals surface area (Å²) in [5.41, 5.74) is 9.38. The van der Waals surface area contributed by atoms with Gasteiger partial charge in [-0.25, -0.2) is 4.98 Å². The Morgan fingerprint density at radius 2 is 2.00 bits per heavy atom. The number of anilines is 1. The molecular formula is C14H12Cl2N4S. The minimum atomic E-state index is 0.402. The standard InChI is InChI=1S/C14H12Cl2N4S/c1-6-13(21-7(2)18-6)12-11(14(17)20-19-12)9-4-3-8(15)5-10(9)16/h3-5H,1-2H3,(H3,17,19,20). The highest BCUT2D eigenvalue weighted by Gasteiger charge is 2.20. The third kappa shape index (κ3) is 2.52. The molecule has 2 heterocycles. The maximum absolute atomic E-state index is 6.30. The first-order chi connectivity index (χ1) is 9.97. The highest BCUT2D eigenvalue weighted by Crippen LogP contribution is 2.41. The van der Waals surface area contributed by atoms with Gasteiger partial charge in [0.25, 0.3) is 0 Å². The topological polar surface area (TPSA) is 67.6 Å². The molecule has 7 heteroatoms. The van der Waals surface area contributed by atoms with Gasteiger partial charge in [0.2, 0.25) is 0 Å². The summed E-state index contributed by atoms with van der Waals surface area (Å²) in [7, 11) is 0. The van der Waals surface area contributed by atoms with Crippen LogP contribution in [0.1, 0.15) is 10.7 Å². The fraction of sp³-hybridized carbons (Fsp3) is 0.143. The highest BCUT2D eigenvalue weighted by atomic mass is 35.5. The van der Waals surface area contributed by atoms with Gasteiger partial charge in [0.05, 0.1) is 31.9 Å². The number of hydrogen-bond donors (Lipinski definition) is 2. The second kappa shape index (κ2) is 5.33. The van der Waals surface area contributed by atoms with Gasteiger partial charge in [-0.3, -0.25) is 5.10 Å². The maximum atomic E-state index is 6.30. The number of rotatable bonds is 2. The molecule has 0 unspecified atom stereocenters. The highest BCUT2D eigenvalue weighted by molar-refractivity contribution is 7.15. The quantitative estimate of drug-likeness (QED) is 0.711. The van der Waals surface area contributed by atoms with Crippen molar-refractivity contribution in [2.45, 2.75) is 13.8 Å². The zero-order valence-corrected chi connectivity index (χ0v) is 13.7. The number of nitrogens with two attached hydrogens (primary N) is 1. The van der Waals surface area contributed by atoms with Crippen molar-refractivity contribution in [1.29, 1.82) is 0 Å². The lowest BCUT2D eigenvalue weighted by Crippen LogP contribution is -1.89. The first-order valence-electron chi connectivity index (χ1n) is 6.21. The average Bonchev–Trinajstić information content (AvgIpc) is 2.93. The molecule has 0 aliphatic rings. The molecule has 0 amide bonds. The van der Waals surface area contributed by atoms with Gasteiger partial charge in [0.15, 0.2) is 5.82 Å². The number of H-pyrrole nitrogens is 1. The van der Waals surface area contributed by atoms with E-state index in [-0.39, 0.29) is 0 Å². The van der Waals surface area contributed by atoms with Crippen LogP contribution in [-0.2, 0) is 0 Å². The number of nitrogens with zero attached hydrogens (tertiary/aromatic N) is 2. The number of nitrogen functional groups attached to an aromatic ring is 1. The summed E-state index contributed by atoms with van der Waals surface area (Å²) in [5, 5.41) is 9.22. The van der Waals surface area contributed by atoms with Crippen LogP contribution in [0.15, 0.2) is 18.2 Å². The van der Waals surface area contributed by atoms with Crippen LogP contribution in [0.2, 0.25) is 10.0 Å². The largest absolute Gasteiger partial charge is 0.382 e. The van der Waals surface area contributed by atoms with E-state index in [4.69, 9.17) is 28.9 Å². The Balaban J connectivity index is 2.24. The van der Waals surface area contributed by atoms with Gasteiger partial charge in [0.1, 0.15) is 0 Å². The first-order valence-corrected chi connectivity index (χ1v) is 7.78. The normalized spacial score (nSPS) is 11.0. The summed E-state index contributed by atoms with van der Waals surface area (Å²) in [6.07, 6.45) is 0. The second-order valence-corrected chi connectivity index (χ2v) is 6.68. The van der Waals surface area contributed by atoms with E-state index in [1.54, 1.807) is 23.5 Å². The van der Waals surface area contributed by atoms with Gasteiger partial charge in [0, 0.05) is 10.6 Å². The van der Waals surface area contributed by atoms with Crippen LogP contribution in [0.4, 0.5) is 5.82 Å². The molecule has 4 nitrogen and oxygen atoms in total. The Hall–Kier alpha value is -1.56. The molecule has 3 N–H and O–H groups in total. The number of aryl methyl sites for hydroxylation is 2. The Morgan fingerprint density at radius 3 is 2.62 bits per heavy atom. The van der Waals surface area contributed by atoms with Gasteiger partial charge >= 0.3 is 0 Å². The van der Waals surface area contributed by atoms with Crippen molar-refractivity contribution in [2.24, 2.45) is 0 Å². The van der Waals surface area contributed by atoms with E-state index in [1.807, 2.05) is 19.9 Å². The number of halogens is 2. The smallest absolute Gasteiger partial charge is 0.153 e. The molecule has 0 fully saturated rings. The number of hydrogen-bond acceptors (Lipinski definition) is 4. The fourth-order valence-electron chi connectivity index (χ4n) is 2.25. The van der Waals surface area contributed by atoms with Gasteiger partial charge in [-0.05, 0) is 26.0 Å². The number of nitrogens with one attached hydrogen (secondary N) is 1. The second-order valence-electron chi connectivity index (χ2n) is 4.63. The summed E-state index contributed by atoms with van der Waals surface area (Å²) < 4.78 is 0. The Morgan fingerprint density at radius 1 is 1.24 bits per heavy atom. The van der Waals surface area contributed by atoms with Gasteiger partial charge in [-0.15, -0.1) is 11.3 Å². The number of benzene rings is 1. The lowest BCUT2D eigenvalue weighted by atomic mass is 10.0. The molecule has 21 heavy (non-hydrogen) atoms. The summed E-state index contributed by atoms with van der Waals surface area (Å²) in [5.74, 6) is 0.402. The summed E-state index contributed by atoms with van der Waals surface area (Å²) in [6.45, 7) is 3.93. The van der Waals surface area contributed by atoms with Crippen molar-refractivity contribution >= 4 is 40.4 Å². The molecule has 0 atom stereocenters. The molecule has 0 bridgehead atoms. The zero-order chi connectivity index (χ0) is 15.1. The molecule has 0 aliphatic carbocycles. The molecule has 0 aliphatic heterocycles. The van der Waals surface area contributed by atoms with Crippen LogP contribution in [0.3, 0.4) is 0 Å². The molecule has 1 aromatic carbocycles. The predicted octanol–water partition coefficient (Wildman–Crippen LogP) is 4.71. The fourth-order valence-corrected chi connectivity index (χ4v) is 3.67. The summed E-state index contributed by atoms with van der Waals surface area (Å²) in [6, 6.07) is 5.32. The third-order valence-corrected chi connectivity index (χ3v) is 4.76. The van der Waals surface area contributed by atoms with Crippen LogP contribution in [0.25, 0.3) is 21.7 Å². The zero-order valence-electron chi connectivity index (χ0n) is 11.4. The minimum Gasteiger partial charge on any atom is -0.382 e. The summed E-state index contributed by atoms with van der Waals surface area (Å²) in [4.78, 5) is 5.46. The monoisotopic (exact) mass is 338 g/mol. The first kappa shape index (κ1) is 14.4. The minimum absolute atomic E-state index is 0.402. The van der Waals surface area contributed by atoms with Gasteiger partial charge < -0.3 is 5.73 Å². The molecular weight excluding hydrogens is 327 g/mol. The number of thiazole rings is 1. The SMILES string of the molecule is Cc1nc(C)c(-c2[nH]nc(N)c2-c2ccc(Cl)cc2Cl)s1. The molecule has 2 aromatic heterocycles. The Labute approximate surface area is 135 Å². The van der Waals surface area contributed by atoms with Gasteiger partial charge in [-0.2, -0.15) is 5.10 Å². The van der Waals surface area contributed by atoms with Crippen LogP contribution in [0, 0.1) is 13.8 Å². The van der Waals surface area contributed by atoms with Crippen LogP contribution < -0.4 is 5.73 Å². The Bertz CT molecular complexity index is 822. The lowest BCUT2D eigenvalue weighted by Gasteiger charge is -2.06. The molecule has 0 radical (unpaired) electrons. The summed E-state index contributed by atoms with van der Waals surface area (Å²) >= 11 is 13.9. The average molecular weight is 339 g/mol. The third-order valence-electron chi connectivity index (χ3n) is 3.13. The van der Waals surface area contributed by atoms with Crippen molar-refractivity contribution in [3.05, 3.63) is 38.9 Å². The maximum Gasteiger partial charge on any atom is 0.153 e.